The van der Waals surface area contributed by atoms with Crippen LogP contribution in [0.3, 0.4) is 0 Å². The Morgan fingerprint density at radius 1 is 1.27 bits per heavy atom. The number of Topliss-reactive ketones (excluding diaryl/α,β-unsaturated/α-hetero) is 1. The molecule has 0 radical (unpaired) electrons. The molecular weight excluding hydrogens is 140 g/mol. The Morgan fingerprint density at radius 3 is 2.45 bits per heavy atom. The van der Waals surface area contributed by atoms with Crippen LogP contribution in [0, 0.1) is 0 Å². The molecule has 0 N–H and O–H groups in total. The summed E-state index contributed by atoms with van der Waals surface area (Å²) in [6.45, 7) is 5.33. The van der Waals surface area contributed by atoms with Crippen molar-refractivity contribution in [1.29, 1.82) is 0 Å². The van der Waals surface area contributed by atoms with E-state index >= 15 is 0 Å². The van der Waals surface area contributed by atoms with Crippen LogP contribution in [0.2, 0.25) is 0 Å². The molecule has 0 bridgehead atoms. The van der Waals surface area contributed by atoms with E-state index in [2.05, 4.69) is 6.92 Å². The van der Waals surface area contributed by atoms with Gasteiger partial charge in [-0.25, -0.2) is 0 Å². The van der Waals surface area contributed by atoms with Crippen molar-refractivity contribution in [3.63, 3.8) is 0 Å². The fourth-order valence-electron chi connectivity index (χ4n) is 0.772. The number of carbonyl (C=O) groups is 1. The summed E-state index contributed by atoms with van der Waals surface area (Å²) in [4.78, 5) is 10.5. The van der Waals surface area contributed by atoms with Gasteiger partial charge in [-0.1, -0.05) is 13.3 Å². The predicted molar refractivity (Wildman–Crippen MR) is 45.6 cm³/mol. The van der Waals surface area contributed by atoms with E-state index in [-0.39, 0.29) is 5.78 Å². The monoisotopic (exact) mass is 158 g/mol. The van der Waals surface area contributed by atoms with Crippen molar-refractivity contribution in [2.45, 2.75) is 39.5 Å². The lowest BCUT2D eigenvalue weighted by atomic mass is 10.2. The molecule has 0 unspecified atom stereocenters. The number of rotatable bonds is 7. The van der Waals surface area contributed by atoms with Gasteiger partial charge in [0.15, 0.2) is 0 Å². The summed E-state index contributed by atoms with van der Waals surface area (Å²) >= 11 is 0. The average molecular weight is 158 g/mol. The van der Waals surface area contributed by atoms with Crippen LogP contribution in [0.15, 0.2) is 0 Å². The largest absolute Gasteiger partial charge is 0.381 e. The van der Waals surface area contributed by atoms with Crippen LogP contribution < -0.4 is 0 Å². The molecule has 2 nitrogen and oxygen atoms in total. The lowest BCUT2D eigenvalue weighted by Crippen LogP contribution is -1.99. The van der Waals surface area contributed by atoms with E-state index in [1.807, 2.05) is 0 Å². The second-order valence-electron chi connectivity index (χ2n) is 2.77. The fourth-order valence-corrected chi connectivity index (χ4v) is 0.772. The van der Waals surface area contributed by atoms with Crippen LogP contribution in [0.25, 0.3) is 0 Å². The maximum Gasteiger partial charge on any atom is 0.129 e. The zero-order valence-corrected chi connectivity index (χ0v) is 7.56. The first-order valence-corrected chi connectivity index (χ1v) is 4.34. The Morgan fingerprint density at radius 2 is 1.91 bits per heavy atom. The molecule has 0 atom stereocenters. The third-order valence-electron chi connectivity index (χ3n) is 1.46. The van der Waals surface area contributed by atoms with Crippen LogP contribution in [0.4, 0.5) is 0 Å². The third-order valence-corrected chi connectivity index (χ3v) is 1.46. The molecule has 0 rings (SSSR count). The molecule has 11 heavy (non-hydrogen) atoms. The number of hydrogen-bond acceptors (Lipinski definition) is 2. The van der Waals surface area contributed by atoms with Crippen molar-refractivity contribution in [1.82, 2.24) is 0 Å². The lowest BCUT2D eigenvalue weighted by molar-refractivity contribution is -0.117. The van der Waals surface area contributed by atoms with Gasteiger partial charge in [-0.3, -0.25) is 0 Å². The van der Waals surface area contributed by atoms with Gasteiger partial charge in [-0.15, -0.1) is 0 Å². The van der Waals surface area contributed by atoms with Gasteiger partial charge in [0.25, 0.3) is 0 Å². The number of ketones is 1. The van der Waals surface area contributed by atoms with Crippen LogP contribution in [-0.4, -0.2) is 19.0 Å². The summed E-state index contributed by atoms with van der Waals surface area (Å²) < 4.78 is 5.27. The standard InChI is InChI=1S/C9H18O2/c1-3-4-7-11-8-5-6-9(2)10/h3-8H2,1-2H3. The SMILES string of the molecule is CCCCOCCCC(C)=O. The zero-order chi connectivity index (χ0) is 8.53. The number of hydrogen-bond donors (Lipinski definition) is 0. The maximum atomic E-state index is 10.5. The summed E-state index contributed by atoms with van der Waals surface area (Å²) in [7, 11) is 0. The molecule has 0 fully saturated rings. The van der Waals surface area contributed by atoms with Crippen LogP contribution in [0.1, 0.15) is 39.5 Å². The molecule has 0 aliphatic carbocycles. The maximum absolute atomic E-state index is 10.5. The first-order valence-electron chi connectivity index (χ1n) is 4.34. The lowest BCUT2D eigenvalue weighted by Gasteiger charge is -2.00. The van der Waals surface area contributed by atoms with Gasteiger partial charge < -0.3 is 9.53 Å². The van der Waals surface area contributed by atoms with Gasteiger partial charge in [0.05, 0.1) is 0 Å². The molecule has 0 amide bonds. The summed E-state index contributed by atoms with van der Waals surface area (Å²) in [5.74, 6) is 0.254. The van der Waals surface area contributed by atoms with Crippen molar-refractivity contribution in [3.05, 3.63) is 0 Å². The van der Waals surface area contributed by atoms with E-state index in [1.54, 1.807) is 6.92 Å². The summed E-state index contributed by atoms with van der Waals surface area (Å²) in [6.07, 6.45) is 3.83. The van der Waals surface area contributed by atoms with Crippen molar-refractivity contribution in [2.75, 3.05) is 13.2 Å². The Kier molecular flexibility index (Phi) is 7.47. The molecule has 66 valence electrons. The topological polar surface area (TPSA) is 26.3 Å². The van der Waals surface area contributed by atoms with Crippen molar-refractivity contribution < 1.29 is 9.53 Å². The van der Waals surface area contributed by atoms with Gasteiger partial charge in [0.1, 0.15) is 5.78 Å². The quantitative estimate of drug-likeness (QED) is 0.531. The molecule has 0 aromatic carbocycles. The molecule has 0 aliphatic heterocycles. The van der Waals surface area contributed by atoms with Gasteiger partial charge in [0.2, 0.25) is 0 Å². The van der Waals surface area contributed by atoms with E-state index in [0.717, 1.165) is 26.1 Å². The van der Waals surface area contributed by atoms with Gasteiger partial charge in [-0.2, -0.15) is 0 Å². The molecule has 0 spiro atoms. The molecule has 0 saturated carbocycles. The first-order chi connectivity index (χ1) is 5.27. The Labute approximate surface area is 68.9 Å². The predicted octanol–water partition coefficient (Wildman–Crippen LogP) is 2.17. The van der Waals surface area contributed by atoms with Crippen LogP contribution >= 0.6 is 0 Å². The minimum atomic E-state index is 0.254. The van der Waals surface area contributed by atoms with Gasteiger partial charge in [0, 0.05) is 19.6 Å². The first kappa shape index (κ1) is 10.6. The van der Waals surface area contributed by atoms with Crippen molar-refractivity contribution in [3.8, 4) is 0 Å². The Bertz CT molecular complexity index is 99.7. The highest BCUT2D eigenvalue weighted by Crippen LogP contribution is 1.93. The molecule has 0 aliphatic rings. The normalized spacial score (nSPS) is 10.0. The second-order valence-corrected chi connectivity index (χ2v) is 2.77. The molecule has 0 aromatic heterocycles. The molecule has 2 heteroatoms. The van der Waals surface area contributed by atoms with E-state index in [1.165, 1.54) is 6.42 Å². The molecule has 0 heterocycles. The Balaban J connectivity index is 2.85. The molecule has 0 saturated heterocycles. The molecule has 0 aromatic rings. The minimum absolute atomic E-state index is 0.254. The number of ether oxygens (including phenoxy) is 1. The highest BCUT2D eigenvalue weighted by molar-refractivity contribution is 5.75. The summed E-state index contributed by atoms with van der Waals surface area (Å²) in [5, 5.41) is 0. The van der Waals surface area contributed by atoms with E-state index in [9.17, 15) is 4.79 Å². The highest BCUT2D eigenvalue weighted by Gasteiger charge is 1.92. The highest BCUT2D eigenvalue weighted by atomic mass is 16.5. The van der Waals surface area contributed by atoms with Gasteiger partial charge in [-0.05, 0) is 19.8 Å². The number of carbonyl (C=O) groups excluding carboxylic acids is 1. The van der Waals surface area contributed by atoms with Crippen LogP contribution in [-0.2, 0) is 9.53 Å². The fraction of sp³-hybridized carbons (Fsp3) is 0.889. The van der Waals surface area contributed by atoms with E-state index < -0.39 is 0 Å². The van der Waals surface area contributed by atoms with Crippen molar-refractivity contribution in [2.24, 2.45) is 0 Å². The minimum Gasteiger partial charge on any atom is -0.381 e. The average Bonchev–Trinajstić information content (AvgIpc) is 1.96. The summed E-state index contributed by atoms with van der Waals surface area (Å²) in [6, 6.07) is 0. The van der Waals surface area contributed by atoms with E-state index in [4.69, 9.17) is 4.74 Å². The zero-order valence-electron chi connectivity index (χ0n) is 7.56. The Hall–Kier alpha value is -0.370. The smallest absolute Gasteiger partial charge is 0.129 e. The van der Waals surface area contributed by atoms with Crippen LogP contribution in [0.5, 0.6) is 0 Å². The summed E-state index contributed by atoms with van der Waals surface area (Å²) in [5.41, 5.74) is 0. The van der Waals surface area contributed by atoms with Crippen molar-refractivity contribution >= 4 is 5.78 Å². The second kappa shape index (κ2) is 7.73. The van der Waals surface area contributed by atoms with Gasteiger partial charge >= 0.3 is 0 Å². The number of unbranched alkanes of at least 4 members (excludes halogenated alkanes) is 1. The molecular formula is C9H18O2. The third kappa shape index (κ3) is 9.63. The van der Waals surface area contributed by atoms with E-state index in [0.29, 0.717) is 6.42 Å².